The van der Waals surface area contributed by atoms with E-state index >= 15 is 0 Å². The average Bonchev–Trinajstić information content (AvgIpc) is 3.78. The van der Waals surface area contributed by atoms with Gasteiger partial charge in [0.25, 0.3) is 17.3 Å². The lowest BCUT2D eigenvalue weighted by atomic mass is 10.1. The van der Waals surface area contributed by atoms with Crippen molar-refractivity contribution in [3.8, 4) is 11.9 Å². The van der Waals surface area contributed by atoms with Crippen LogP contribution in [0.2, 0.25) is 0 Å². The van der Waals surface area contributed by atoms with E-state index in [-0.39, 0.29) is 41.5 Å². The third kappa shape index (κ3) is 5.05. The number of carbonyl (C=O) groups is 1. The van der Waals surface area contributed by atoms with Gasteiger partial charge in [0.1, 0.15) is 34.3 Å². The Labute approximate surface area is 233 Å². The maximum Gasteiger partial charge on any atom is 0.263 e. The van der Waals surface area contributed by atoms with Crippen LogP contribution in [0, 0.1) is 17.1 Å². The summed E-state index contributed by atoms with van der Waals surface area (Å²) in [6.07, 6.45) is 6.23. The second-order valence-electron chi connectivity index (χ2n) is 9.49. The highest BCUT2D eigenvalue weighted by Crippen LogP contribution is 2.46. The van der Waals surface area contributed by atoms with Crippen molar-refractivity contribution < 1.29 is 22.3 Å². The highest BCUT2D eigenvalue weighted by atomic mass is 32.2. The van der Waals surface area contributed by atoms with E-state index in [0.717, 1.165) is 10.4 Å². The molecule has 210 valence electrons. The fourth-order valence-electron chi connectivity index (χ4n) is 4.30. The van der Waals surface area contributed by atoms with Crippen LogP contribution in [0.25, 0.3) is 10.9 Å². The number of halogens is 1. The molecule has 1 amide bonds. The summed E-state index contributed by atoms with van der Waals surface area (Å²) in [6, 6.07) is 6.99. The lowest BCUT2D eigenvalue weighted by Gasteiger charge is -2.24. The van der Waals surface area contributed by atoms with Gasteiger partial charge in [0.15, 0.2) is 5.82 Å². The van der Waals surface area contributed by atoms with Crippen LogP contribution in [0.1, 0.15) is 34.3 Å². The number of pyridine rings is 1. The zero-order valence-corrected chi connectivity index (χ0v) is 22.7. The Morgan fingerprint density at radius 2 is 2.05 bits per heavy atom. The number of amides is 1. The molecule has 1 saturated carbocycles. The highest BCUT2D eigenvalue weighted by Gasteiger charge is 2.57. The Bertz CT molecular complexity index is 1870. The first kappa shape index (κ1) is 27.6. The van der Waals surface area contributed by atoms with Gasteiger partial charge in [-0.3, -0.25) is 18.9 Å². The number of rotatable bonds is 9. The van der Waals surface area contributed by atoms with Gasteiger partial charge in [0, 0.05) is 38.4 Å². The molecular formula is C26H23FN8O5S. The average molecular weight is 579 g/mol. The highest BCUT2D eigenvalue weighted by molar-refractivity contribution is 7.94. The van der Waals surface area contributed by atoms with Crippen molar-refractivity contribution in [2.75, 3.05) is 18.0 Å². The quantitative estimate of drug-likeness (QED) is 0.306. The van der Waals surface area contributed by atoms with E-state index in [4.69, 9.17) is 10.00 Å². The van der Waals surface area contributed by atoms with E-state index in [1.165, 1.54) is 61.6 Å². The Hall–Kier alpha value is -4.97. The number of benzene rings is 1. The molecule has 15 heteroatoms. The molecule has 0 aliphatic heterocycles. The van der Waals surface area contributed by atoms with Crippen molar-refractivity contribution >= 4 is 32.7 Å². The van der Waals surface area contributed by atoms with Crippen LogP contribution in [0.15, 0.2) is 53.8 Å². The van der Waals surface area contributed by atoms with Gasteiger partial charge in [-0.15, -0.1) is 5.10 Å². The number of aromatic nitrogens is 5. The molecule has 5 rings (SSSR count). The van der Waals surface area contributed by atoms with Crippen LogP contribution < -0.4 is 19.9 Å². The van der Waals surface area contributed by atoms with Gasteiger partial charge in [-0.25, -0.2) is 17.8 Å². The van der Waals surface area contributed by atoms with Gasteiger partial charge >= 0.3 is 0 Å². The van der Waals surface area contributed by atoms with Crippen molar-refractivity contribution in [1.29, 1.82) is 5.26 Å². The fraction of sp³-hybridized carbons (Fsp3) is 0.269. The lowest BCUT2D eigenvalue weighted by Crippen LogP contribution is -2.42. The summed E-state index contributed by atoms with van der Waals surface area (Å²) in [5, 5.41) is 19.7. The van der Waals surface area contributed by atoms with Crippen LogP contribution in [-0.2, 0) is 23.6 Å². The minimum atomic E-state index is -3.88. The number of hydrogen-bond donors (Lipinski definition) is 1. The molecule has 1 N–H and O–H groups in total. The zero-order chi connectivity index (χ0) is 29.4. The number of sulfonamides is 1. The SMILES string of the molecule is CN(c1cnccn1)S(=O)(=O)C1(COc2nncc3cc(C(=O)NCc4ccc(C#N)c(F)c4)c(=O)n(C)c23)CC1. The number of anilines is 1. The summed E-state index contributed by atoms with van der Waals surface area (Å²) >= 11 is 0. The summed E-state index contributed by atoms with van der Waals surface area (Å²) in [5.74, 6) is -1.31. The number of nitriles is 1. The molecule has 1 aliphatic rings. The number of aryl methyl sites for hydroxylation is 1. The lowest BCUT2D eigenvalue weighted by molar-refractivity contribution is 0.0949. The predicted molar refractivity (Wildman–Crippen MR) is 144 cm³/mol. The Balaban J connectivity index is 1.36. The van der Waals surface area contributed by atoms with Gasteiger partial charge in [-0.2, -0.15) is 10.4 Å². The van der Waals surface area contributed by atoms with Crippen LogP contribution in [0.3, 0.4) is 0 Å². The Morgan fingerprint density at radius 1 is 1.27 bits per heavy atom. The van der Waals surface area contributed by atoms with E-state index in [1.807, 2.05) is 0 Å². The largest absolute Gasteiger partial charge is 0.473 e. The first-order valence-electron chi connectivity index (χ1n) is 12.3. The summed E-state index contributed by atoms with van der Waals surface area (Å²) < 4.78 is 47.5. The standard InChI is InChI=1S/C26H23FN8O5S/c1-34-22-18(10-19(25(34)37)23(36)31-12-16-3-4-17(11-28)20(27)9-16)13-32-33-24(22)40-15-26(5-6-26)41(38,39)35(2)21-14-29-7-8-30-21/h3-4,7-10,13-14H,5-6,12,15H2,1-2H3,(H,31,36). The second kappa shape index (κ2) is 10.5. The molecular weight excluding hydrogens is 555 g/mol. The van der Waals surface area contributed by atoms with E-state index < -0.39 is 32.1 Å². The number of ether oxygens (including phenoxy) is 1. The molecule has 1 fully saturated rings. The minimum absolute atomic E-state index is 0.0641. The van der Waals surface area contributed by atoms with Crippen molar-refractivity contribution in [1.82, 2.24) is 30.0 Å². The normalized spacial score (nSPS) is 13.8. The summed E-state index contributed by atoms with van der Waals surface area (Å²) in [7, 11) is -1.06. The summed E-state index contributed by atoms with van der Waals surface area (Å²) in [5.41, 5.74) is -0.339. The maximum absolute atomic E-state index is 13.9. The molecule has 3 heterocycles. The van der Waals surface area contributed by atoms with Crippen molar-refractivity contribution in [3.63, 3.8) is 0 Å². The Morgan fingerprint density at radius 3 is 2.71 bits per heavy atom. The van der Waals surface area contributed by atoms with E-state index in [2.05, 4.69) is 25.5 Å². The van der Waals surface area contributed by atoms with Crippen molar-refractivity contribution in [2.45, 2.75) is 24.1 Å². The first-order chi connectivity index (χ1) is 19.6. The summed E-state index contributed by atoms with van der Waals surface area (Å²) in [6.45, 7) is -0.323. The molecule has 0 bridgehead atoms. The first-order valence-corrected chi connectivity index (χ1v) is 13.7. The Kier molecular flexibility index (Phi) is 7.09. The predicted octanol–water partition coefficient (Wildman–Crippen LogP) is 1.44. The van der Waals surface area contributed by atoms with Gasteiger partial charge in [0.05, 0.1) is 18.0 Å². The molecule has 0 spiro atoms. The van der Waals surface area contributed by atoms with E-state index in [1.54, 1.807) is 6.07 Å². The molecule has 3 aromatic heterocycles. The third-order valence-electron chi connectivity index (χ3n) is 6.90. The summed E-state index contributed by atoms with van der Waals surface area (Å²) in [4.78, 5) is 34.0. The van der Waals surface area contributed by atoms with Gasteiger partial charge < -0.3 is 14.6 Å². The van der Waals surface area contributed by atoms with Crippen LogP contribution in [0.5, 0.6) is 5.88 Å². The van der Waals surface area contributed by atoms with Crippen molar-refractivity contribution in [3.05, 3.63) is 81.9 Å². The molecule has 13 nitrogen and oxygen atoms in total. The third-order valence-corrected chi connectivity index (χ3v) is 9.43. The monoisotopic (exact) mass is 578 g/mol. The molecule has 41 heavy (non-hydrogen) atoms. The number of hydrogen-bond acceptors (Lipinski definition) is 10. The number of fused-ring (bicyclic) bond motifs is 1. The van der Waals surface area contributed by atoms with E-state index in [0.29, 0.717) is 23.8 Å². The molecule has 4 aromatic rings. The molecule has 0 saturated heterocycles. The zero-order valence-electron chi connectivity index (χ0n) is 21.9. The molecule has 0 atom stereocenters. The second-order valence-corrected chi connectivity index (χ2v) is 11.9. The molecule has 1 aromatic carbocycles. The maximum atomic E-state index is 13.9. The van der Waals surface area contributed by atoms with Crippen LogP contribution >= 0.6 is 0 Å². The van der Waals surface area contributed by atoms with Crippen LogP contribution in [-0.4, -0.2) is 57.5 Å². The molecule has 0 radical (unpaired) electrons. The minimum Gasteiger partial charge on any atom is -0.473 e. The molecule has 0 unspecified atom stereocenters. The van der Waals surface area contributed by atoms with Gasteiger partial charge in [-0.1, -0.05) is 6.07 Å². The smallest absolute Gasteiger partial charge is 0.263 e. The number of nitrogens with one attached hydrogen (secondary N) is 1. The van der Waals surface area contributed by atoms with Gasteiger partial charge in [-0.05, 0) is 36.6 Å². The van der Waals surface area contributed by atoms with Crippen LogP contribution in [0.4, 0.5) is 10.2 Å². The number of carbonyl (C=O) groups excluding carboxylic acids is 1. The fourth-order valence-corrected chi connectivity index (χ4v) is 6.05. The van der Waals surface area contributed by atoms with Gasteiger partial charge in [0.2, 0.25) is 10.0 Å². The van der Waals surface area contributed by atoms with Crippen molar-refractivity contribution in [2.24, 2.45) is 7.05 Å². The molecule has 1 aliphatic carbocycles. The topological polar surface area (TPSA) is 173 Å². The number of nitrogens with zero attached hydrogens (tertiary/aromatic N) is 7. The van der Waals surface area contributed by atoms with E-state index in [9.17, 15) is 22.4 Å².